The highest BCUT2D eigenvalue weighted by molar-refractivity contribution is 7.09. The zero-order valence-electron chi connectivity index (χ0n) is 9.25. The second-order valence-electron chi connectivity index (χ2n) is 4.53. The van der Waals surface area contributed by atoms with Gasteiger partial charge in [0.25, 0.3) is 0 Å². The first-order valence-corrected chi connectivity index (χ1v) is 6.47. The van der Waals surface area contributed by atoms with E-state index in [1.54, 1.807) is 11.3 Å². The Morgan fingerprint density at radius 1 is 1.60 bits per heavy atom. The minimum Gasteiger partial charge on any atom is -0.325 e. The molecule has 1 heterocycles. The quantitative estimate of drug-likeness (QED) is 0.751. The van der Waals surface area contributed by atoms with E-state index in [0.717, 1.165) is 25.2 Å². The first-order valence-electron chi connectivity index (χ1n) is 5.59. The molecule has 1 aliphatic rings. The number of nitrogens with two attached hydrogens (primary N) is 1. The lowest BCUT2D eigenvalue weighted by molar-refractivity contribution is 0.229. The van der Waals surface area contributed by atoms with Gasteiger partial charge < -0.3 is 11.1 Å². The predicted octanol–water partition coefficient (Wildman–Crippen LogP) is 1.81. The summed E-state index contributed by atoms with van der Waals surface area (Å²) in [5.74, 6) is 0. The van der Waals surface area contributed by atoms with Crippen molar-refractivity contribution in [3.8, 4) is 0 Å². The Hall–Kier alpha value is -0.450. The van der Waals surface area contributed by atoms with Crippen LogP contribution in [0.25, 0.3) is 0 Å². The summed E-state index contributed by atoms with van der Waals surface area (Å²) in [5, 5.41) is 6.67. The van der Waals surface area contributed by atoms with Gasteiger partial charge in [-0.1, -0.05) is 0 Å². The third kappa shape index (κ3) is 3.00. The normalized spacial score (nSPS) is 18.8. The van der Waals surface area contributed by atoms with Crippen molar-refractivity contribution in [1.29, 1.82) is 0 Å². The van der Waals surface area contributed by atoms with Gasteiger partial charge in [0.05, 0.1) is 0 Å². The molecule has 84 valence electrons. The summed E-state index contributed by atoms with van der Waals surface area (Å²) in [7, 11) is 0. The molecule has 3 nitrogen and oxygen atoms in total. The lowest BCUT2D eigenvalue weighted by Crippen LogP contribution is -2.48. The van der Waals surface area contributed by atoms with Gasteiger partial charge in [0.2, 0.25) is 0 Å². The molecule has 0 atom stereocenters. The molecular formula is C11H19N3S. The minimum absolute atomic E-state index is 0.145. The lowest BCUT2D eigenvalue weighted by Gasteiger charge is -2.38. The first-order chi connectivity index (χ1) is 7.18. The molecule has 1 saturated carbocycles. The van der Waals surface area contributed by atoms with Crippen molar-refractivity contribution in [2.75, 3.05) is 6.54 Å². The Morgan fingerprint density at radius 2 is 2.40 bits per heavy atom. The maximum Gasteiger partial charge on any atom is 0.107 e. The van der Waals surface area contributed by atoms with E-state index in [9.17, 15) is 0 Å². The van der Waals surface area contributed by atoms with Crippen LogP contribution in [0.4, 0.5) is 0 Å². The van der Waals surface area contributed by atoms with Gasteiger partial charge in [-0.05, 0) is 39.2 Å². The Balaban J connectivity index is 1.63. The number of rotatable bonds is 5. The van der Waals surface area contributed by atoms with E-state index in [-0.39, 0.29) is 5.54 Å². The maximum absolute atomic E-state index is 6.13. The predicted molar refractivity (Wildman–Crippen MR) is 63.9 cm³/mol. The van der Waals surface area contributed by atoms with E-state index in [1.165, 1.54) is 24.3 Å². The van der Waals surface area contributed by atoms with Gasteiger partial charge in [-0.15, -0.1) is 11.3 Å². The van der Waals surface area contributed by atoms with Crippen LogP contribution < -0.4 is 11.1 Å². The number of hydrogen-bond acceptors (Lipinski definition) is 4. The Labute approximate surface area is 95.1 Å². The van der Waals surface area contributed by atoms with Crippen LogP contribution in [0.5, 0.6) is 0 Å². The average molecular weight is 225 g/mol. The van der Waals surface area contributed by atoms with Crippen molar-refractivity contribution in [2.24, 2.45) is 5.73 Å². The van der Waals surface area contributed by atoms with Crippen LogP contribution in [0.1, 0.15) is 36.4 Å². The van der Waals surface area contributed by atoms with E-state index in [2.05, 4.69) is 15.7 Å². The van der Waals surface area contributed by atoms with Crippen LogP contribution in [0.15, 0.2) is 5.38 Å². The SMILES string of the molecule is Cc1csc(CNCCC2(N)CCC2)n1. The van der Waals surface area contributed by atoms with E-state index in [1.807, 2.05) is 6.92 Å². The fraction of sp³-hybridized carbons (Fsp3) is 0.727. The summed E-state index contributed by atoms with van der Waals surface area (Å²) in [5.41, 5.74) is 7.39. The Morgan fingerprint density at radius 3 is 2.93 bits per heavy atom. The molecule has 0 aromatic carbocycles. The van der Waals surface area contributed by atoms with Crippen molar-refractivity contribution in [1.82, 2.24) is 10.3 Å². The monoisotopic (exact) mass is 225 g/mol. The van der Waals surface area contributed by atoms with E-state index in [4.69, 9.17) is 5.73 Å². The summed E-state index contributed by atoms with van der Waals surface area (Å²) in [6.45, 7) is 3.92. The van der Waals surface area contributed by atoms with E-state index < -0.39 is 0 Å². The second kappa shape index (κ2) is 4.60. The van der Waals surface area contributed by atoms with E-state index in [0.29, 0.717) is 0 Å². The molecule has 0 spiro atoms. The average Bonchev–Trinajstić information content (AvgIpc) is 2.56. The highest BCUT2D eigenvalue weighted by Gasteiger charge is 2.31. The third-order valence-electron chi connectivity index (χ3n) is 3.09. The second-order valence-corrected chi connectivity index (χ2v) is 5.47. The summed E-state index contributed by atoms with van der Waals surface area (Å²) >= 11 is 1.72. The van der Waals surface area contributed by atoms with Crippen LogP contribution in [-0.4, -0.2) is 17.1 Å². The Kier molecular flexibility index (Phi) is 3.38. The molecule has 1 aliphatic carbocycles. The molecule has 0 amide bonds. The van der Waals surface area contributed by atoms with Crippen LogP contribution in [0.2, 0.25) is 0 Å². The van der Waals surface area contributed by atoms with Crippen molar-refractivity contribution >= 4 is 11.3 Å². The number of nitrogens with one attached hydrogen (secondary N) is 1. The molecule has 3 N–H and O–H groups in total. The van der Waals surface area contributed by atoms with Crippen LogP contribution in [0.3, 0.4) is 0 Å². The van der Waals surface area contributed by atoms with Crippen molar-refractivity contribution in [2.45, 2.75) is 44.7 Å². The molecule has 15 heavy (non-hydrogen) atoms. The molecule has 0 saturated heterocycles. The summed E-state index contributed by atoms with van der Waals surface area (Å²) < 4.78 is 0. The topological polar surface area (TPSA) is 50.9 Å². The zero-order valence-corrected chi connectivity index (χ0v) is 10.1. The smallest absolute Gasteiger partial charge is 0.107 e. The van der Waals surface area contributed by atoms with Gasteiger partial charge in [0.15, 0.2) is 0 Å². The fourth-order valence-corrected chi connectivity index (χ4v) is 2.64. The number of aromatic nitrogens is 1. The van der Waals surface area contributed by atoms with Crippen LogP contribution >= 0.6 is 11.3 Å². The van der Waals surface area contributed by atoms with Crippen LogP contribution in [0, 0.1) is 6.92 Å². The molecule has 1 fully saturated rings. The van der Waals surface area contributed by atoms with E-state index >= 15 is 0 Å². The molecule has 4 heteroatoms. The molecule has 1 aromatic heterocycles. The van der Waals surface area contributed by atoms with Gasteiger partial charge in [0, 0.05) is 23.2 Å². The number of nitrogens with zero attached hydrogens (tertiary/aromatic N) is 1. The van der Waals surface area contributed by atoms with Gasteiger partial charge in [-0.2, -0.15) is 0 Å². The van der Waals surface area contributed by atoms with Crippen molar-refractivity contribution in [3.05, 3.63) is 16.1 Å². The molecule has 0 unspecified atom stereocenters. The van der Waals surface area contributed by atoms with Gasteiger partial charge in [-0.25, -0.2) is 4.98 Å². The molecule has 2 rings (SSSR count). The number of aryl methyl sites for hydroxylation is 1. The van der Waals surface area contributed by atoms with Crippen LogP contribution in [-0.2, 0) is 6.54 Å². The largest absolute Gasteiger partial charge is 0.325 e. The molecule has 1 aromatic rings. The number of thiazole rings is 1. The first kappa shape index (κ1) is 11.0. The number of hydrogen-bond donors (Lipinski definition) is 2. The van der Waals surface area contributed by atoms with Gasteiger partial charge >= 0.3 is 0 Å². The zero-order chi connectivity index (χ0) is 10.7. The highest BCUT2D eigenvalue weighted by atomic mass is 32.1. The summed E-state index contributed by atoms with van der Waals surface area (Å²) in [4.78, 5) is 4.40. The van der Waals surface area contributed by atoms with Crippen molar-refractivity contribution < 1.29 is 0 Å². The van der Waals surface area contributed by atoms with Gasteiger partial charge in [-0.3, -0.25) is 0 Å². The highest BCUT2D eigenvalue weighted by Crippen LogP contribution is 2.31. The molecule has 0 bridgehead atoms. The standard InChI is InChI=1S/C11H19N3S/c1-9-8-15-10(14-9)7-13-6-5-11(12)3-2-4-11/h8,13H,2-7,12H2,1H3. The minimum atomic E-state index is 0.145. The summed E-state index contributed by atoms with van der Waals surface area (Å²) in [6.07, 6.45) is 4.80. The summed E-state index contributed by atoms with van der Waals surface area (Å²) in [6, 6.07) is 0. The van der Waals surface area contributed by atoms with Gasteiger partial charge in [0.1, 0.15) is 5.01 Å². The maximum atomic E-state index is 6.13. The lowest BCUT2D eigenvalue weighted by atomic mass is 9.75. The van der Waals surface area contributed by atoms with Crippen molar-refractivity contribution in [3.63, 3.8) is 0 Å². The Bertz CT molecular complexity index is 317. The molecule has 0 aliphatic heterocycles. The fourth-order valence-electron chi connectivity index (χ4n) is 1.90. The third-order valence-corrected chi connectivity index (χ3v) is 4.06. The molecule has 0 radical (unpaired) electrons. The molecular weight excluding hydrogens is 206 g/mol.